The molecular weight excluding hydrogens is 182 g/mol. The molecule has 0 radical (unpaired) electrons. The second-order valence-corrected chi connectivity index (χ2v) is 4.06. The van der Waals surface area contributed by atoms with Crippen LogP contribution in [0.1, 0.15) is 18.4 Å². The summed E-state index contributed by atoms with van der Waals surface area (Å²) in [4.78, 5) is 0. The van der Waals surface area contributed by atoms with Crippen LogP contribution in [0, 0.1) is 0 Å². The minimum Gasteiger partial charge on any atom is -0.314 e. The Morgan fingerprint density at radius 3 is 2.69 bits per heavy atom. The molecule has 0 saturated carbocycles. The number of nitrogens with one attached hydrogen (secondary N) is 1. The molecular formula is C11H14ClN. The van der Waals surface area contributed by atoms with Crippen LogP contribution in [0.4, 0.5) is 0 Å². The molecule has 1 nitrogen and oxygen atoms in total. The first-order valence-electron chi connectivity index (χ1n) is 4.82. The minimum absolute atomic E-state index is 0.682. The molecule has 0 spiro atoms. The third kappa shape index (κ3) is 2.45. The number of benzene rings is 1. The van der Waals surface area contributed by atoms with E-state index in [1.807, 2.05) is 12.1 Å². The fraction of sp³-hybridized carbons (Fsp3) is 0.455. The fourth-order valence-corrected chi connectivity index (χ4v) is 1.96. The largest absolute Gasteiger partial charge is 0.314 e. The van der Waals surface area contributed by atoms with Gasteiger partial charge in [-0.3, -0.25) is 0 Å². The van der Waals surface area contributed by atoms with Crippen LogP contribution < -0.4 is 5.32 Å². The predicted molar refractivity (Wildman–Crippen MR) is 56.2 cm³/mol. The van der Waals surface area contributed by atoms with E-state index in [1.165, 1.54) is 24.9 Å². The van der Waals surface area contributed by atoms with Crippen molar-refractivity contribution < 1.29 is 0 Å². The molecule has 0 aliphatic carbocycles. The normalized spacial score (nSPS) is 22.1. The van der Waals surface area contributed by atoms with Gasteiger partial charge in [0.25, 0.3) is 0 Å². The monoisotopic (exact) mass is 195 g/mol. The van der Waals surface area contributed by atoms with E-state index in [0.29, 0.717) is 6.04 Å². The lowest BCUT2D eigenvalue weighted by Gasteiger charge is -2.09. The molecule has 0 aromatic heterocycles. The lowest BCUT2D eigenvalue weighted by atomic mass is 10.1. The summed E-state index contributed by atoms with van der Waals surface area (Å²) in [6.45, 7) is 1.18. The van der Waals surface area contributed by atoms with Crippen LogP contribution >= 0.6 is 11.6 Å². The molecule has 1 heterocycles. The molecule has 2 heteroatoms. The molecule has 1 N–H and O–H groups in total. The van der Waals surface area contributed by atoms with Crippen molar-refractivity contribution in [3.63, 3.8) is 0 Å². The Kier molecular flexibility index (Phi) is 2.87. The van der Waals surface area contributed by atoms with Crippen LogP contribution in [-0.4, -0.2) is 12.6 Å². The van der Waals surface area contributed by atoms with E-state index in [0.717, 1.165) is 11.4 Å². The molecule has 13 heavy (non-hydrogen) atoms. The van der Waals surface area contributed by atoms with Crippen molar-refractivity contribution in [2.45, 2.75) is 25.3 Å². The van der Waals surface area contributed by atoms with Crippen LogP contribution in [0.5, 0.6) is 0 Å². The van der Waals surface area contributed by atoms with E-state index in [9.17, 15) is 0 Å². The molecule has 1 aromatic carbocycles. The summed E-state index contributed by atoms with van der Waals surface area (Å²) in [5, 5.41) is 4.31. The quantitative estimate of drug-likeness (QED) is 0.765. The Bertz CT molecular complexity index is 262. The van der Waals surface area contributed by atoms with Gasteiger partial charge in [0.1, 0.15) is 0 Å². The first-order chi connectivity index (χ1) is 6.34. The van der Waals surface area contributed by atoms with E-state index < -0.39 is 0 Å². The number of rotatable bonds is 2. The molecule has 1 saturated heterocycles. The highest BCUT2D eigenvalue weighted by atomic mass is 35.5. The van der Waals surface area contributed by atoms with Crippen molar-refractivity contribution in [1.82, 2.24) is 5.32 Å². The molecule has 1 aliphatic heterocycles. The van der Waals surface area contributed by atoms with E-state index in [-0.39, 0.29) is 0 Å². The summed E-state index contributed by atoms with van der Waals surface area (Å²) >= 11 is 5.81. The Morgan fingerprint density at radius 2 is 2.08 bits per heavy atom. The summed E-state index contributed by atoms with van der Waals surface area (Å²) in [7, 11) is 0. The number of hydrogen-bond acceptors (Lipinski definition) is 1. The second kappa shape index (κ2) is 4.12. The molecule has 0 amide bonds. The van der Waals surface area contributed by atoms with Gasteiger partial charge in [0, 0.05) is 11.1 Å². The van der Waals surface area contributed by atoms with Gasteiger partial charge < -0.3 is 5.32 Å². The zero-order valence-corrected chi connectivity index (χ0v) is 8.35. The predicted octanol–water partition coefficient (Wildman–Crippen LogP) is 2.63. The third-order valence-electron chi connectivity index (χ3n) is 2.56. The minimum atomic E-state index is 0.682. The van der Waals surface area contributed by atoms with E-state index in [4.69, 9.17) is 11.6 Å². The first-order valence-corrected chi connectivity index (χ1v) is 5.20. The Morgan fingerprint density at radius 1 is 1.31 bits per heavy atom. The maximum atomic E-state index is 5.81. The average Bonchev–Trinajstić information content (AvgIpc) is 2.62. The number of halogens is 1. The Balaban J connectivity index is 1.97. The van der Waals surface area contributed by atoms with Crippen LogP contribution in [0.25, 0.3) is 0 Å². The van der Waals surface area contributed by atoms with E-state index >= 15 is 0 Å². The van der Waals surface area contributed by atoms with Gasteiger partial charge in [-0.05, 0) is 43.5 Å². The van der Waals surface area contributed by atoms with Crippen molar-refractivity contribution in [3.05, 3.63) is 34.9 Å². The second-order valence-electron chi connectivity index (χ2n) is 3.62. The molecule has 2 rings (SSSR count). The standard InChI is InChI=1S/C11H14ClN/c12-10-5-3-9(4-6-10)8-11-2-1-7-13-11/h3-6,11,13H,1-2,7-8H2/t11-/m1/s1. The zero-order valence-electron chi connectivity index (χ0n) is 7.59. The van der Waals surface area contributed by atoms with Gasteiger partial charge in [0.15, 0.2) is 0 Å². The SMILES string of the molecule is Clc1ccc(C[C@H]2CCCN2)cc1. The van der Waals surface area contributed by atoms with Crippen molar-refractivity contribution >= 4 is 11.6 Å². The fourth-order valence-electron chi connectivity index (χ4n) is 1.84. The van der Waals surface area contributed by atoms with E-state index in [1.54, 1.807) is 0 Å². The highest BCUT2D eigenvalue weighted by Gasteiger charge is 2.13. The first kappa shape index (κ1) is 9.04. The maximum absolute atomic E-state index is 5.81. The van der Waals surface area contributed by atoms with Gasteiger partial charge >= 0.3 is 0 Å². The summed E-state index contributed by atoms with van der Waals surface area (Å²) in [6, 6.07) is 8.84. The van der Waals surface area contributed by atoms with Gasteiger partial charge in [-0.25, -0.2) is 0 Å². The molecule has 1 aromatic rings. The Hall–Kier alpha value is -0.530. The summed E-state index contributed by atoms with van der Waals surface area (Å²) in [5.74, 6) is 0. The number of hydrogen-bond donors (Lipinski definition) is 1. The van der Waals surface area contributed by atoms with Crippen LogP contribution in [-0.2, 0) is 6.42 Å². The van der Waals surface area contributed by atoms with Crippen LogP contribution in [0.2, 0.25) is 5.02 Å². The summed E-state index contributed by atoms with van der Waals surface area (Å²) in [6.07, 6.45) is 3.76. The molecule has 1 aliphatic rings. The van der Waals surface area contributed by atoms with Crippen molar-refractivity contribution in [1.29, 1.82) is 0 Å². The van der Waals surface area contributed by atoms with Gasteiger partial charge in [0.2, 0.25) is 0 Å². The zero-order chi connectivity index (χ0) is 9.10. The van der Waals surface area contributed by atoms with Crippen molar-refractivity contribution in [2.75, 3.05) is 6.54 Å². The average molecular weight is 196 g/mol. The lowest BCUT2D eigenvalue weighted by molar-refractivity contribution is 0.603. The lowest BCUT2D eigenvalue weighted by Crippen LogP contribution is -2.23. The molecule has 1 atom stereocenters. The maximum Gasteiger partial charge on any atom is 0.0406 e. The molecule has 70 valence electrons. The van der Waals surface area contributed by atoms with Crippen molar-refractivity contribution in [2.24, 2.45) is 0 Å². The van der Waals surface area contributed by atoms with Crippen LogP contribution in [0.15, 0.2) is 24.3 Å². The van der Waals surface area contributed by atoms with Crippen LogP contribution in [0.3, 0.4) is 0 Å². The summed E-state index contributed by atoms with van der Waals surface area (Å²) in [5.41, 5.74) is 1.38. The third-order valence-corrected chi connectivity index (χ3v) is 2.81. The Labute approximate surface area is 84.1 Å². The van der Waals surface area contributed by atoms with E-state index in [2.05, 4.69) is 17.4 Å². The molecule has 0 unspecified atom stereocenters. The molecule has 0 bridgehead atoms. The van der Waals surface area contributed by atoms with Gasteiger partial charge in [-0.15, -0.1) is 0 Å². The highest BCUT2D eigenvalue weighted by molar-refractivity contribution is 6.30. The van der Waals surface area contributed by atoms with Gasteiger partial charge in [-0.1, -0.05) is 23.7 Å². The summed E-state index contributed by atoms with van der Waals surface area (Å²) < 4.78 is 0. The van der Waals surface area contributed by atoms with Gasteiger partial charge in [0.05, 0.1) is 0 Å². The highest BCUT2D eigenvalue weighted by Crippen LogP contribution is 2.14. The smallest absolute Gasteiger partial charge is 0.0406 e. The van der Waals surface area contributed by atoms with Gasteiger partial charge in [-0.2, -0.15) is 0 Å². The van der Waals surface area contributed by atoms with Crippen molar-refractivity contribution in [3.8, 4) is 0 Å². The topological polar surface area (TPSA) is 12.0 Å². The molecule has 1 fully saturated rings.